The van der Waals surface area contributed by atoms with Crippen LogP contribution in [-0.2, 0) is 0 Å². The van der Waals surface area contributed by atoms with E-state index in [1.54, 1.807) is 0 Å². The number of nitrogens with one attached hydrogen (secondary N) is 1. The Bertz CT molecular complexity index is 170. The predicted octanol–water partition coefficient (Wildman–Crippen LogP) is 1.27. The second-order valence-corrected chi connectivity index (χ2v) is 6.94. The third kappa shape index (κ3) is 2.05. The van der Waals surface area contributed by atoms with Gasteiger partial charge in [-0.05, 0) is 18.9 Å². The first-order valence-electron chi connectivity index (χ1n) is 3.47. The van der Waals surface area contributed by atoms with Crippen molar-refractivity contribution >= 4 is 24.7 Å². The van der Waals surface area contributed by atoms with E-state index in [0.29, 0.717) is 15.6 Å². The fourth-order valence-electron chi connectivity index (χ4n) is 1.08. The van der Waals surface area contributed by atoms with E-state index in [1.807, 2.05) is 0 Å². The van der Waals surface area contributed by atoms with Gasteiger partial charge in [0.25, 0.3) is 0 Å². The van der Waals surface area contributed by atoms with Gasteiger partial charge in [-0.2, -0.15) is 10.5 Å². The maximum absolute atomic E-state index is 3.45. The van der Waals surface area contributed by atoms with Crippen molar-refractivity contribution < 1.29 is 0 Å². The molecule has 1 heterocycles. The van der Waals surface area contributed by atoms with Crippen LogP contribution in [0.5, 0.6) is 0 Å². The Morgan fingerprint density at radius 2 is 2.20 bits per heavy atom. The largest absolute Gasteiger partial charge is 0.287 e. The highest BCUT2D eigenvalue weighted by Gasteiger charge is 2.26. The van der Waals surface area contributed by atoms with Crippen molar-refractivity contribution in [1.82, 2.24) is 5.32 Å². The van der Waals surface area contributed by atoms with Crippen LogP contribution in [0.15, 0.2) is 0 Å². The summed E-state index contributed by atoms with van der Waals surface area (Å²) < 4.78 is 0. The van der Waals surface area contributed by atoms with Crippen LogP contribution in [-0.4, -0.2) is 29.2 Å². The minimum Gasteiger partial charge on any atom is -0.287 e. The summed E-state index contributed by atoms with van der Waals surface area (Å²) in [6, 6.07) is 0. The first kappa shape index (κ1) is 8.70. The quantitative estimate of drug-likeness (QED) is 0.434. The highest BCUT2D eigenvalue weighted by atomic mass is 32.2. The molecule has 3 heteroatoms. The average Bonchev–Trinajstić information content (AvgIpc) is 2.10. The van der Waals surface area contributed by atoms with Gasteiger partial charge in [0.15, 0.2) is 0 Å². The first-order valence-corrected chi connectivity index (χ1v) is 6.09. The van der Waals surface area contributed by atoms with Crippen molar-refractivity contribution in [1.29, 1.82) is 0 Å². The fourth-order valence-corrected chi connectivity index (χ4v) is 2.51. The molecule has 0 radical (unpaired) electrons. The Balaban J connectivity index is 2.69. The highest BCUT2D eigenvalue weighted by molar-refractivity contribution is 8.14. The van der Waals surface area contributed by atoms with E-state index in [-0.39, 0.29) is 0 Å². The molecule has 0 aromatic carbocycles. The van der Waals surface area contributed by atoms with Gasteiger partial charge in [0.05, 0.1) is 0 Å². The van der Waals surface area contributed by atoms with Gasteiger partial charge < -0.3 is 0 Å². The standard InChI is InChI=1S/C7H16NPS/c1-7(9)4-6(8-5-7)10(2)3/h8H,4-5,9H2,1-3H3. The summed E-state index contributed by atoms with van der Waals surface area (Å²) >= 11 is 0. The zero-order valence-electron chi connectivity index (χ0n) is 6.90. The second kappa shape index (κ2) is 2.92. The minimum atomic E-state index is 0.423. The van der Waals surface area contributed by atoms with Crippen LogP contribution >= 0.6 is 19.7 Å². The Morgan fingerprint density at radius 1 is 1.60 bits per heavy atom. The van der Waals surface area contributed by atoms with E-state index < -0.39 is 0 Å². The summed E-state index contributed by atoms with van der Waals surface area (Å²) in [5.74, 6) is 0. The van der Waals surface area contributed by atoms with E-state index in [1.165, 1.54) is 11.4 Å². The van der Waals surface area contributed by atoms with Gasteiger partial charge >= 0.3 is 0 Å². The van der Waals surface area contributed by atoms with Gasteiger partial charge in [0.1, 0.15) is 0 Å². The van der Waals surface area contributed by atoms with E-state index in [2.05, 4.69) is 34.0 Å². The van der Waals surface area contributed by atoms with Gasteiger partial charge in [-0.3, -0.25) is 5.32 Å². The molecule has 10 heavy (non-hydrogen) atoms. The van der Waals surface area contributed by atoms with Crippen LogP contribution in [0.2, 0.25) is 0 Å². The maximum Gasteiger partial charge on any atom is 0.0161 e. The van der Waals surface area contributed by atoms with Crippen LogP contribution in [0.25, 0.3) is 0 Å². The van der Waals surface area contributed by atoms with E-state index in [9.17, 15) is 0 Å². The van der Waals surface area contributed by atoms with Crippen molar-refractivity contribution in [3.63, 3.8) is 0 Å². The maximum atomic E-state index is 3.45. The number of hydrogen-bond donors (Lipinski definition) is 1. The van der Waals surface area contributed by atoms with Crippen molar-refractivity contribution in [2.75, 3.05) is 19.1 Å². The molecule has 60 valence electrons. The van der Waals surface area contributed by atoms with Gasteiger partial charge in [-0.1, -0.05) is 6.92 Å². The number of hydrogen-bond acceptors (Lipinski definition) is 0. The summed E-state index contributed by atoms with van der Waals surface area (Å²) in [7, 11) is 3.38. The normalized spacial score (nSPS) is 33.9. The fraction of sp³-hybridized carbons (Fsp3) is 0.857. The monoisotopic (exact) mass is 177 g/mol. The lowest BCUT2D eigenvalue weighted by Gasteiger charge is -2.12. The lowest BCUT2D eigenvalue weighted by Crippen LogP contribution is -2.19. The SMILES string of the molecule is CS(C)=C1CC(C)(P)CN1. The molecule has 1 saturated heterocycles. The highest BCUT2D eigenvalue weighted by Crippen LogP contribution is 2.28. The molecule has 0 aromatic heterocycles. The van der Waals surface area contributed by atoms with Gasteiger partial charge in [0.2, 0.25) is 0 Å². The topological polar surface area (TPSA) is 12.0 Å². The van der Waals surface area contributed by atoms with Crippen LogP contribution < -0.4 is 5.32 Å². The first-order chi connectivity index (χ1) is 4.51. The molecule has 1 nitrogen and oxygen atoms in total. The molecule has 0 spiro atoms. The minimum absolute atomic E-state index is 0.423. The molecule has 0 saturated carbocycles. The Kier molecular flexibility index (Phi) is 2.54. The van der Waals surface area contributed by atoms with Crippen molar-refractivity contribution in [3.8, 4) is 0 Å². The predicted molar refractivity (Wildman–Crippen MR) is 55.2 cm³/mol. The molecule has 0 amide bonds. The van der Waals surface area contributed by atoms with Crippen LogP contribution in [0.3, 0.4) is 0 Å². The summed E-state index contributed by atoms with van der Waals surface area (Å²) in [5, 5.41) is 3.88. The summed E-state index contributed by atoms with van der Waals surface area (Å²) in [6.45, 7) is 3.41. The molecule has 0 aromatic rings. The molecule has 2 atom stereocenters. The Morgan fingerprint density at radius 3 is 2.40 bits per heavy atom. The Hall–Kier alpha value is 0.610. The van der Waals surface area contributed by atoms with Crippen LogP contribution in [0.1, 0.15) is 13.3 Å². The molecule has 1 aliphatic rings. The van der Waals surface area contributed by atoms with Crippen LogP contribution in [0, 0.1) is 0 Å². The van der Waals surface area contributed by atoms with Crippen molar-refractivity contribution in [2.45, 2.75) is 18.5 Å². The third-order valence-electron chi connectivity index (χ3n) is 1.75. The molecule has 1 aliphatic heterocycles. The molecule has 2 unspecified atom stereocenters. The van der Waals surface area contributed by atoms with E-state index >= 15 is 0 Å². The van der Waals surface area contributed by atoms with E-state index in [4.69, 9.17) is 0 Å². The third-order valence-corrected chi connectivity index (χ3v) is 3.43. The number of rotatable bonds is 0. The summed E-state index contributed by atoms with van der Waals surface area (Å²) in [4.78, 5) is 1.54. The molecular weight excluding hydrogens is 161 g/mol. The summed E-state index contributed by atoms with van der Waals surface area (Å²) in [5.41, 5.74) is 0. The zero-order valence-corrected chi connectivity index (χ0v) is 8.87. The molecular formula is C7H16NPS. The van der Waals surface area contributed by atoms with Gasteiger partial charge in [-0.15, -0.1) is 9.24 Å². The lowest BCUT2D eigenvalue weighted by molar-refractivity contribution is 0.714. The smallest absolute Gasteiger partial charge is 0.0161 e. The van der Waals surface area contributed by atoms with Gasteiger partial charge in [-0.25, -0.2) is 0 Å². The molecule has 1 fully saturated rings. The van der Waals surface area contributed by atoms with E-state index in [0.717, 1.165) is 6.54 Å². The summed E-state index contributed by atoms with van der Waals surface area (Å²) in [6.07, 6.45) is 5.77. The molecule has 1 rings (SSSR count). The zero-order chi connectivity index (χ0) is 7.78. The van der Waals surface area contributed by atoms with Crippen LogP contribution in [0.4, 0.5) is 0 Å². The van der Waals surface area contributed by atoms with Crippen molar-refractivity contribution in [2.24, 2.45) is 0 Å². The van der Waals surface area contributed by atoms with Gasteiger partial charge in [0, 0.05) is 16.7 Å². The lowest BCUT2D eigenvalue weighted by atomic mass is 10.1. The second-order valence-electron chi connectivity index (χ2n) is 3.42. The van der Waals surface area contributed by atoms with Crippen molar-refractivity contribution in [3.05, 3.63) is 0 Å². The average molecular weight is 177 g/mol. The molecule has 0 aliphatic carbocycles. The molecule has 0 bridgehead atoms. The molecule has 1 N–H and O–H groups in total. The Labute approximate surface area is 68.1 Å².